The third kappa shape index (κ3) is 2.75. The molecule has 5 nitrogen and oxygen atoms in total. The third-order valence-electron chi connectivity index (χ3n) is 3.35. The molecule has 0 unspecified atom stereocenters. The van der Waals surface area contributed by atoms with E-state index < -0.39 is 10.0 Å². The van der Waals surface area contributed by atoms with E-state index >= 15 is 0 Å². The van der Waals surface area contributed by atoms with E-state index in [0.717, 1.165) is 17.7 Å². The van der Waals surface area contributed by atoms with Crippen molar-refractivity contribution in [2.24, 2.45) is 4.40 Å². The van der Waals surface area contributed by atoms with E-state index in [1.807, 2.05) is 24.3 Å². The number of sulfonamides is 1. The van der Waals surface area contributed by atoms with Gasteiger partial charge in [-0.15, -0.1) is 4.40 Å². The molecule has 3 N–H and O–H groups in total. The smallest absolute Gasteiger partial charge is 0.285 e. The zero-order valence-corrected chi connectivity index (χ0v) is 12.1. The predicted molar refractivity (Wildman–Crippen MR) is 83.9 cm³/mol. The van der Waals surface area contributed by atoms with Gasteiger partial charge in [-0.1, -0.05) is 30.3 Å². The quantitative estimate of drug-likeness (QED) is 0.834. The lowest BCUT2D eigenvalue weighted by Gasteiger charge is -2.19. The van der Waals surface area contributed by atoms with E-state index in [4.69, 9.17) is 5.73 Å². The van der Waals surface area contributed by atoms with Gasteiger partial charge in [-0.05, 0) is 30.2 Å². The number of hydrogen-bond donors (Lipinski definition) is 2. The summed E-state index contributed by atoms with van der Waals surface area (Å²) >= 11 is 0. The molecule has 0 fully saturated rings. The van der Waals surface area contributed by atoms with Crippen LogP contribution in [0.1, 0.15) is 12.0 Å². The second-order valence-electron chi connectivity index (χ2n) is 4.83. The predicted octanol–water partition coefficient (Wildman–Crippen LogP) is 2.41. The number of anilines is 2. The molecule has 0 aromatic heterocycles. The van der Waals surface area contributed by atoms with Crippen LogP contribution in [-0.4, -0.2) is 14.3 Å². The minimum Gasteiger partial charge on any atom is -0.398 e. The molecule has 2 aromatic rings. The van der Waals surface area contributed by atoms with Crippen molar-refractivity contribution in [3.05, 3.63) is 54.1 Å². The van der Waals surface area contributed by atoms with Crippen LogP contribution >= 0.6 is 0 Å². The van der Waals surface area contributed by atoms with Gasteiger partial charge < -0.3 is 11.1 Å². The Morgan fingerprint density at radius 3 is 2.52 bits per heavy atom. The molecular weight excluding hydrogens is 286 g/mol. The number of nitrogens with zero attached hydrogens (tertiary/aromatic N) is 1. The molecule has 1 aliphatic heterocycles. The van der Waals surface area contributed by atoms with E-state index in [1.54, 1.807) is 18.2 Å². The number of hydrogen-bond acceptors (Lipinski definition) is 3. The average molecular weight is 301 g/mol. The number of benzene rings is 2. The highest BCUT2D eigenvalue weighted by atomic mass is 32.2. The molecule has 0 atom stereocenters. The Balaban J connectivity index is 1.95. The molecule has 2 aromatic carbocycles. The lowest BCUT2D eigenvalue weighted by atomic mass is 10.0. The van der Waals surface area contributed by atoms with Crippen LogP contribution in [0.25, 0.3) is 0 Å². The van der Waals surface area contributed by atoms with Crippen molar-refractivity contribution in [1.82, 2.24) is 0 Å². The van der Waals surface area contributed by atoms with Crippen molar-refractivity contribution >= 4 is 27.2 Å². The van der Waals surface area contributed by atoms with Gasteiger partial charge in [0.25, 0.3) is 10.0 Å². The molecule has 0 amide bonds. The molecule has 1 aliphatic rings. The van der Waals surface area contributed by atoms with Gasteiger partial charge in [0.2, 0.25) is 0 Å². The Bertz CT molecular complexity index is 813. The largest absolute Gasteiger partial charge is 0.398 e. The molecule has 1 heterocycles. The Morgan fingerprint density at radius 2 is 1.71 bits per heavy atom. The minimum atomic E-state index is -3.79. The highest BCUT2D eigenvalue weighted by Gasteiger charge is 2.19. The summed E-state index contributed by atoms with van der Waals surface area (Å²) in [5.41, 5.74) is 7.99. The molecule has 0 saturated heterocycles. The Morgan fingerprint density at radius 1 is 1.00 bits per heavy atom. The summed E-state index contributed by atoms with van der Waals surface area (Å²) < 4.78 is 28.5. The van der Waals surface area contributed by atoms with E-state index in [2.05, 4.69) is 9.71 Å². The lowest BCUT2D eigenvalue weighted by Crippen LogP contribution is -2.21. The number of fused-ring (bicyclic) bond motifs is 1. The van der Waals surface area contributed by atoms with E-state index in [1.165, 1.54) is 6.07 Å². The summed E-state index contributed by atoms with van der Waals surface area (Å²) in [5, 5.41) is 3.07. The van der Waals surface area contributed by atoms with Crippen molar-refractivity contribution in [2.75, 3.05) is 11.1 Å². The SMILES string of the molecule is Nc1ccccc1S(=O)(=O)N=C1CCc2ccccc2N1. The second kappa shape index (κ2) is 5.21. The maximum absolute atomic E-state index is 12.3. The summed E-state index contributed by atoms with van der Waals surface area (Å²) in [6.45, 7) is 0. The van der Waals surface area contributed by atoms with Gasteiger partial charge in [0.1, 0.15) is 10.7 Å². The average Bonchev–Trinajstić information content (AvgIpc) is 2.47. The fraction of sp³-hybridized carbons (Fsp3) is 0.133. The van der Waals surface area contributed by atoms with Crippen LogP contribution in [0.3, 0.4) is 0 Å². The number of nitrogen functional groups attached to an aromatic ring is 1. The van der Waals surface area contributed by atoms with Crippen molar-refractivity contribution in [3.8, 4) is 0 Å². The first-order valence-electron chi connectivity index (χ1n) is 6.59. The summed E-state index contributed by atoms with van der Waals surface area (Å²) in [4.78, 5) is 0.0400. The maximum Gasteiger partial charge on any atom is 0.285 e. The Hall–Kier alpha value is -2.34. The van der Waals surface area contributed by atoms with E-state index in [0.29, 0.717) is 12.3 Å². The van der Waals surface area contributed by atoms with Crippen LogP contribution in [0.4, 0.5) is 11.4 Å². The third-order valence-corrected chi connectivity index (χ3v) is 4.74. The Kier molecular flexibility index (Phi) is 3.39. The second-order valence-corrected chi connectivity index (χ2v) is 6.41. The number of aryl methyl sites for hydroxylation is 1. The fourth-order valence-electron chi connectivity index (χ4n) is 2.31. The highest BCUT2D eigenvalue weighted by molar-refractivity contribution is 7.90. The van der Waals surface area contributed by atoms with Crippen LogP contribution < -0.4 is 11.1 Å². The van der Waals surface area contributed by atoms with Gasteiger partial charge in [-0.2, -0.15) is 8.42 Å². The van der Waals surface area contributed by atoms with E-state index in [-0.39, 0.29) is 10.6 Å². The van der Waals surface area contributed by atoms with Crippen LogP contribution in [0.5, 0.6) is 0 Å². The van der Waals surface area contributed by atoms with Crippen LogP contribution in [0.15, 0.2) is 57.8 Å². The van der Waals surface area contributed by atoms with Crippen LogP contribution in [0.2, 0.25) is 0 Å². The standard InChI is InChI=1S/C15H15N3O2S/c16-12-6-2-4-8-14(12)21(19,20)18-15-10-9-11-5-1-3-7-13(11)17-15/h1-8H,9-10,16H2,(H,17,18). The number of rotatable bonds is 2. The van der Waals surface area contributed by atoms with Crippen LogP contribution in [-0.2, 0) is 16.4 Å². The van der Waals surface area contributed by atoms with Crippen LogP contribution in [0, 0.1) is 0 Å². The van der Waals surface area contributed by atoms with Crippen molar-refractivity contribution in [2.45, 2.75) is 17.7 Å². The lowest BCUT2D eigenvalue weighted by molar-refractivity contribution is 0.598. The first-order chi connectivity index (χ1) is 10.1. The highest BCUT2D eigenvalue weighted by Crippen LogP contribution is 2.24. The molecule has 0 bridgehead atoms. The molecule has 0 spiro atoms. The maximum atomic E-state index is 12.3. The van der Waals surface area contributed by atoms with Crippen molar-refractivity contribution < 1.29 is 8.42 Å². The minimum absolute atomic E-state index is 0.0400. The molecule has 0 saturated carbocycles. The van der Waals surface area contributed by atoms with Gasteiger partial charge in [0, 0.05) is 12.1 Å². The summed E-state index contributed by atoms with van der Waals surface area (Å²) in [6.07, 6.45) is 1.32. The topological polar surface area (TPSA) is 84.6 Å². The van der Waals surface area contributed by atoms with Gasteiger partial charge >= 0.3 is 0 Å². The molecule has 3 rings (SSSR count). The summed E-state index contributed by atoms with van der Waals surface area (Å²) in [6, 6.07) is 14.1. The number of nitrogens with one attached hydrogen (secondary N) is 1. The molecule has 0 radical (unpaired) electrons. The molecule has 108 valence electrons. The van der Waals surface area contributed by atoms with Gasteiger partial charge in [0.05, 0.1) is 5.69 Å². The fourth-order valence-corrected chi connectivity index (χ4v) is 3.45. The number of amidine groups is 1. The molecule has 6 heteroatoms. The Labute approximate surface area is 123 Å². The monoisotopic (exact) mass is 301 g/mol. The summed E-state index contributed by atoms with van der Waals surface area (Å²) in [7, 11) is -3.79. The molecule has 21 heavy (non-hydrogen) atoms. The zero-order valence-electron chi connectivity index (χ0n) is 11.3. The first-order valence-corrected chi connectivity index (χ1v) is 8.03. The van der Waals surface area contributed by atoms with Gasteiger partial charge in [0.15, 0.2) is 0 Å². The summed E-state index contributed by atoms with van der Waals surface area (Å²) in [5.74, 6) is 0.442. The van der Waals surface area contributed by atoms with Crippen molar-refractivity contribution in [1.29, 1.82) is 0 Å². The number of nitrogens with two attached hydrogens (primary N) is 1. The van der Waals surface area contributed by atoms with Gasteiger partial charge in [-0.25, -0.2) is 0 Å². The van der Waals surface area contributed by atoms with Crippen molar-refractivity contribution in [3.63, 3.8) is 0 Å². The van der Waals surface area contributed by atoms with Gasteiger partial charge in [-0.3, -0.25) is 0 Å². The molecular formula is C15H15N3O2S. The number of para-hydroxylation sites is 2. The first kappa shape index (κ1) is 13.6. The normalized spacial score (nSPS) is 16.3. The van der Waals surface area contributed by atoms with E-state index in [9.17, 15) is 8.42 Å². The zero-order chi connectivity index (χ0) is 14.9. The molecule has 0 aliphatic carbocycles.